The number of carbonyl (C=O) groups is 3. The Hall–Kier alpha value is -2.67. The SMILES string of the molecule is COc1ccc(C(=O)/C=C/C(=O)C2CNCCN2C(=O)OC(C)(C)C)cc1. The highest BCUT2D eigenvalue weighted by Gasteiger charge is 2.33. The third kappa shape index (κ3) is 5.92. The maximum Gasteiger partial charge on any atom is 0.411 e. The molecule has 1 N–H and O–H groups in total. The van der Waals surface area contributed by atoms with Crippen LogP contribution in [0.5, 0.6) is 5.75 Å². The van der Waals surface area contributed by atoms with E-state index in [-0.39, 0.29) is 11.6 Å². The van der Waals surface area contributed by atoms with Crippen LogP contribution in [0.15, 0.2) is 36.4 Å². The van der Waals surface area contributed by atoms with Crippen molar-refractivity contribution >= 4 is 17.7 Å². The van der Waals surface area contributed by atoms with Crippen LogP contribution in [0.25, 0.3) is 0 Å². The summed E-state index contributed by atoms with van der Waals surface area (Å²) in [6.07, 6.45) is 1.92. The van der Waals surface area contributed by atoms with Crippen LogP contribution >= 0.6 is 0 Å². The number of nitrogens with one attached hydrogen (secondary N) is 1. The Labute approximate surface area is 159 Å². The molecule has 1 atom stereocenters. The lowest BCUT2D eigenvalue weighted by molar-refractivity contribution is -0.120. The number of ether oxygens (including phenoxy) is 2. The molecule has 1 aromatic rings. The lowest BCUT2D eigenvalue weighted by Gasteiger charge is -2.35. The van der Waals surface area contributed by atoms with E-state index in [0.29, 0.717) is 30.9 Å². The molecule has 0 saturated carbocycles. The lowest BCUT2D eigenvalue weighted by Crippen LogP contribution is -2.57. The molecule has 1 amide bonds. The summed E-state index contributed by atoms with van der Waals surface area (Å²) in [7, 11) is 1.55. The number of rotatable bonds is 5. The number of hydrogen-bond donors (Lipinski definition) is 1. The number of nitrogens with zero attached hydrogens (tertiary/aromatic N) is 1. The summed E-state index contributed by atoms with van der Waals surface area (Å²) in [5.41, 5.74) is -0.193. The molecule has 0 radical (unpaired) electrons. The van der Waals surface area contributed by atoms with E-state index in [1.807, 2.05) is 0 Å². The van der Waals surface area contributed by atoms with Crippen LogP contribution in [0.3, 0.4) is 0 Å². The molecule has 7 heteroatoms. The fourth-order valence-electron chi connectivity index (χ4n) is 2.62. The van der Waals surface area contributed by atoms with Crippen molar-refractivity contribution < 1.29 is 23.9 Å². The second-order valence-corrected chi connectivity index (χ2v) is 7.22. The summed E-state index contributed by atoms with van der Waals surface area (Å²) in [6.45, 7) is 6.59. The molecule has 1 aliphatic rings. The standard InChI is InChI=1S/C20H26N2O5/c1-20(2,3)27-19(25)22-12-11-21-13-16(22)18(24)10-9-17(23)14-5-7-15(26-4)8-6-14/h5-10,16,21H,11-13H2,1-4H3/b10-9+. The van der Waals surface area contributed by atoms with E-state index in [2.05, 4.69) is 5.32 Å². The predicted octanol–water partition coefficient (Wildman–Crippen LogP) is 2.21. The number of carbonyl (C=O) groups excluding carboxylic acids is 3. The largest absolute Gasteiger partial charge is 0.497 e. The van der Waals surface area contributed by atoms with Crippen molar-refractivity contribution in [2.45, 2.75) is 32.4 Å². The molecule has 1 fully saturated rings. The molecule has 2 rings (SSSR count). The monoisotopic (exact) mass is 374 g/mol. The molecule has 0 spiro atoms. The molecule has 0 aliphatic carbocycles. The van der Waals surface area contributed by atoms with Gasteiger partial charge in [0.1, 0.15) is 17.4 Å². The van der Waals surface area contributed by atoms with Crippen molar-refractivity contribution in [3.05, 3.63) is 42.0 Å². The third-order valence-electron chi connectivity index (χ3n) is 3.97. The van der Waals surface area contributed by atoms with E-state index in [9.17, 15) is 14.4 Å². The molecular weight excluding hydrogens is 348 g/mol. The predicted molar refractivity (Wildman–Crippen MR) is 101 cm³/mol. The highest BCUT2D eigenvalue weighted by atomic mass is 16.6. The summed E-state index contributed by atoms with van der Waals surface area (Å²) < 4.78 is 10.4. The average molecular weight is 374 g/mol. The molecule has 27 heavy (non-hydrogen) atoms. The van der Waals surface area contributed by atoms with Crippen molar-refractivity contribution in [3.63, 3.8) is 0 Å². The Morgan fingerprint density at radius 1 is 1.15 bits per heavy atom. The van der Waals surface area contributed by atoms with Gasteiger partial charge in [0.05, 0.1) is 7.11 Å². The maximum absolute atomic E-state index is 12.6. The zero-order valence-corrected chi connectivity index (χ0v) is 16.2. The van der Waals surface area contributed by atoms with E-state index in [4.69, 9.17) is 9.47 Å². The van der Waals surface area contributed by atoms with Crippen molar-refractivity contribution in [2.75, 3.05) is 26.7 Å². The number of methoxy groups -OCH3 is 1. The number of ketones is 2. The van der Waals surface area contributed by atoms with Crippen molar-refractivity contribution in [1.29, 1.82) is 0 Å². The fraction of sp³-hybridized carbons (Fsp3) is 0.450. The topological polar surface area (TPSA) is 84.9 Å². The average Bonchev–Trinajstić information content (AvgIpc) is 2.64. The zero-order chi connectivity index (χ0) is 20.0. The Kier molecular flexibility index (Phi) is 6.74. The molecular formula is C20H26N2O5. The van der Waals surface area contributed by atoms with E-state index in [1.165, 1.54) is 17.1 Å². The van der Waals surface area contributed by atoms with Crippen molar-refractivity contribution in [1.82, 2.24) is 10.2 Å². The zero-order valence-electron chi connectivity index (χ0n) is 16.2. The number of piperazine rings is 1. The first-order chi connectivity index (χ1) is 12.7. The minimum atomic E-state index is -0.700. The molecule has 1 aliphatic heterocycles. The minimum absolute atomic E-state index is 0.293. The van der Waals surface area contributed by atoms with Gasteiger partial charge in [-0.15, -0.1) is 0 Å². The Bertz CT molecular complexity index is 719. The van der Waals surface area contributed by atoms with E-state index < -0.39 is 17.7 Å². The number of hydrogen-bond acceptors (Lipinski definition) is 6. The highest BCUT2D eigenvalue weighted by molar-refractivity contribution is 6.09. The van der Waals surface area contributed by atoms with Crippen molar-refractivity contribution in [2.24, 2.45) is 0 Å². The van der Waals surface area contributed by atoms with Gasteiger partial charge in [0.25, 0.3) is 0 Å². The highest BCUT2D eigenvalue weighted by Crippen LogP contribution is 2.15. The van der Waals surface area contributed by atoms with Gasteiger partial charge in [0, 0.05) is 25.2 Å². The number of amides is 1. The van der Waals surface area contributed by atoms with Gasteiger partial charge in [-0.05, 0) is 57.2 Å². The fourth-order valence-corrected chi connectivity index (χ4v) is 2.62. The number of benzene rings is 1. The van der Waals surface area contributed by atoms with E-state index in [0.717, 1.165) is 0 Å². The number of allylic oxidation sites excluding steroid dienone is 1. The molecule has 0 aromatic heterocycles. The van der Waals surface area contributed by atoms with Crippen LogP contribution in [-0.4, -0.2) is 60.9 Å². The normalized spacial score (nSPS) is 17.6. The van der Waals surface area contributed by atoms with Gasteiger partial charge in [-0.3, -0.25) is 14.5 Å². The third-order valence-corrected chi connectivity index (χ3v) is 3.97. The summed E-state index contributed by atoms with van der Waals surface area (Å²) in [5.74, 6) is 0.0291. The van der Waals surface area contributed by atoms with Gasteiger partial charge in [0.15, 0.2) is 11.6 Å². The van der Waals surface area contributed by atoms with E-state index >= 15 is 0 Å². The minimum Gasteiger partial charge on any atom is -0.497 e. The van der Waals surface area contributed by atoms with Crippen LogP contribution in [0.4, 0.5) is 4.79 Å². The van der Waals surface area contributed by atoms with Gasteiger partial charge in [-0.1, -0.05) is 0 Å². The molecule has 146 valence electrons. The van der Waals surface area contributed by atoms with Crippen LogP contribution < -0.4 is 10.1 Å². The Morgan fingerprint density at radius 3 is 2.41 bits per heavy atom. The lowest BCUT2D eigenvalue weighted by atomic mass is 10.1. The second-order valence-electron chi connectivity index (χ2n) is 7.22. The molecule has 1 saturated heterocycles. The van der Waals surface area contributed by atoms with Crippen LogP contribution in [-0.2, 0) is 9.53 Å². The molecule has 1 unspecified atom stereocenters. The molecule has 1 heterocycles. The van der Waals surface area contributed by atoms with Crippen LogP contribution in [0, 0.1) is 0 Å². The molecule has 0 bridgehead atoms. The van der Waals surface area contributed by atoms with Gasteiger partial charge >= 0.3 is 6.09 Å². The quantitative estimate of drug-likeness (QED) is 0.628. The summed E-state index contributed by atoms with van der Waals surface area (Å²) >= 11 is 0. The van der Waals surface area contributed by atoms with Gasteiger partial charge in [-0.25, -0.2) is 4.79 Å². The van der Waals surface area contributed by atoms with Gasteiger partial charge < -0.3 is 14.8 Å². The summed E-state index contributed by atoms with van der Waals surface area (Å²) in [5, 5.41) is 3.09. The smallest absolute Gasteiger partial charge is 0.411 e. The summed E-state index contributed by atoms with van der Waals surface area (Å²) in [6, 6.07) is 5.92. The molecule has 7 nitrogen and oxygen atoms in total. The van der Waals surface area contributed by atoms with Crippen molar-refractivity contribution in [3.8, 4) is 5.75 Å². The Balaban J connectivity index is 2.05. The first-order valence-electron chi connectivity index (χ1n) is 8.82. The van der Waals surface area contributed by atoms with Crippen LogP contribution in [0.1, 0.15) is 31.1 Å². The first kappa shape index (κ1) is 20.6. The molecule has 1 aromatic carbocycles. The van der Waals surface area contributed by atoms with Crippen LogP contribution in [0.2, 0.25) is 0 Å². The van der Waals surface area contributed by atoms with Gasteiger partial charge in [-0.2, -0.15) is 0 Å². The second kappa shape index (κ2) is 8.81. The van der Waals surface area contributed by atoms with E-state index in [1.54, 1.807) is 52.1 Å². The first-order valence-corrected chi connectivity index (χ1v) is 8.82. The maximum atomic E-state index is 12.6. The Morgan fingerprint density at radius 2 is 1.81 bits per heavy atom. The van der Waals surface area contributed by atoms with Gasteiger partial charge in [0.2, 0.25) is 0 Å². The summed E-state index contributed by atoms with van der Waals surface area (Å²) in [4.78, 5) is 38.6.